The summed E-state index contributed by atoms with van der Waals surface area (Å²) in [5, 5.41) is 2.46. The Labute approximate surface area is 129 Å². The van der Waals surface area contributed by atoms with Gasteiger partial charge in [0.1, 0.15) is 5.69 Å². The lowest BCUT2D eigenvalue weighted by molar-refractivity contribution is -0.137. The molecule has 0 aliphatic rings. The second-order valence-electron chi connectivity index (χ2n) is 4.31. The molecule has 6 nitrogen and oxygen atoms in total. The van der Waals surface area contributed by atoms with Crippen LogP contribution in [0.2, 0.25) is 0 Å². The van der Waals surface area contributed by atoms with Crippen molar-refractivity contribution in [2.45, 2.75) is 6.18 Å². The molecule has 9 heteroatoms. The number of halogens is 3. The van der Waals surface area contributed by atoms with Gasteiger partial charge in [-0.2, -0.15) is 18.2 Å². The summed E-state index contributed by atoms with van der Waals surface area (Å²) in [6.07, 6.45) is -3.19. The minimum absolute atomic E-state index is 0.0504. The zero-order valence-electron chi connectivity index (χ0n) is 12.1. The third kappa shape index (κ3) is 3.87. The minimum Gasteiger partial charge on any atom is -0.479 e. The van der Waals surface area contributed by atoms with Crippen LogP contribution in [0.3, 0.4) is 0 Å². The summed E-state index contributed by atoms with van der Waals surface area (Å²) in [6, 6.07) is 3.87. The van der Waals surface area contributed by atoms with Gasteiger partial charge < -0.3 is 14.8 Å². The highest BCUT2D eigenvalue weighted by atomic mass is 19.4. The molecule has 23 heavy (non-hydrogen) atoms. The number of rotatable bonds is 4. The van der Waals surface area contributed by atoms with Gasteiger partial charge in [-0.3, -0.25) is 4.79 Å². The number of methoxy groups -OCH3 is 2. The van der Waals surface area contributed by atoms with Crippen LogP contribution in [-0.2, 0) is 6.18 Å². The molecule has 0 saturated carbocycles. The van der Waals surface area contributed by atoms with E-state index in [9.17, 15) is 18.0 Å². The lowest BCUT2D eigenvalue weighted by Crippen LogP contribution is -2.14. The van der Waals surface area contributed by atoms with Crippen LogP contribution in [0, 0.1) is 0 Å². The van der Waals surface area contributed by atoms with Crippen LogP contribution in [0.15, 0.2) is 30.5 Å². The molecule has 0 bridgehead atoms. The summed E-state index contributed by atoms with van der Waals surface area (Å²) in [6.45, 7) is 0. The normalized spacial score (nSPS) is 11.0. The van der Waals surface area contributed by atoms with Crippen LogP contribution in [0.1, 0.15) is 15.9 Å². The van der Waals surface area contributed by atoms with E-state index in [-0.39, 0.29) is 23.1 Å². The predicted octanol–water partition coefficient (Wildman–Crippen LogP) is 2.76. The number of aromatic nitrogens is 2. The Morgan fingerprint density at radius 2 is 1.78 bits per heavy atom. The van der Waals surface area contributed by atoms with Gasteiger partial charge in [0.25, 0.3) is 5.91 Å². The maximum atomic E-state index is 12.5. The maximum Gasteiger partial charge on any atom is 0.416 e. The van der Waals surface area contributed by atoms with E-state index in [0.717, 1.165) is 24.3 Å². The van der Waals surface area contributed by atoms with Gasteiger partial charge in [0.05, 0.1) is 26.0 Å². The van der Waals surface area contributed by atoms with Crippen molar-refractivity contribution in [3.63, 3.8) is 0 Å². The first-order chi connectivity index (χ1) is 10.8. The Bertz CT molecular complexity index is 703. The average Bonchev–Trinajstić information content (AvgIpc) is 2.54. The maximum absolute atomic E-state index is 12.5. The van der Waals surface area contributed by atoms with Crippen molar-refractivity contribution in [1.82, 2.24) is 9.97 Å². The van der Waals surface area contributed by atoms with E-state index < -0.39 is 17.6 Å². The van der Waals surface area contributed by atoms with Crippen molar-refractivity contribution in [2.24, 2.45) is 0 Å². The van der Waals surface area contributed by atoms with Gasteiger partial charge in [0.15, 0.2) is 0 Å². The van der Waals surface area contributed by atoms with Crippen molar-refractivity contribution in [1.29, 1.82) is 0 Å². The van der Waals surface area contributed by atoms with Crippen LogP contribution < -0.4 is 14.8 Å². The summed E-state index contributed by atoms with van der Waals surface area (Å²) < 4.78 is 47.3. The van der Waals surface area contributed by atoms with E-state index in [2.05, 4.69) is 15.3 Å². The molecule has 0 aliphatic carbocycles. The molecule has 1 aromatic heterocycles. The number of amides is 1. The van der Waals surface area contributed by atoms with Gasteiger partial charge in [-0.05, 0) is 24.3 Å². The van der Waals surface area contributed by atoms with Gasteiger partial charge in [-0.25, -0.2) is 4.98 Å². The number of hydrogen-bond donors (Lipinski definition) is 1. The number of anilines is 1. The van der Waals surface area contributed by atoms with Crippen molar-refractivity contribution < 1.29 is 27.4 Å². The van der Waals surface area contributed by atoms with Crippen LogP contribution in [-0.4, -0.2) is 30.1 Å². The molecular weight excluding hydrogens is 315 g/mol. The molecule has 1 aromatic carbocycles. The fourth-order valence-corrected chi connectivity index (χ4v) is 1.70. The number of carbonyl (C=O) groups excluding carboxylic acids is 1. The fourth-order valence-electron chi connectivity index (χ4n) is 1.70. The van der Waals surface area contributed by atoms with Crippen molar-refractivity contribution in [3.8, 4) is 11.9 Å². The molecule has 0 spiro atoms. The largest absolute Gasteiger partial charge is 0.479 e. The van der Waals surface area contributed by atoms with Crippen LogP contribution in [0.25, 0.3) is 0 Å². The second-order valence-corrected chi connectivity index (χ2v) is 4.31. The Hall–Kier alpha value is -2.84. The molecule has 0 atom stereocenters. The van der Waals surface area contributed by atoms with Crippen LogP contribution in [0.4, 0.5) is 18.9 Å². The zero-order chi connectivity index (χ0) is 17.0. The fraction of sp³-hybridized carbons (Fsp3) is 0.214. The molecule has 0 saturated heterocycles. The lowest BCUT2D eigenvalue weighted by atomic mass is 10.1. The minimum atomic E-state index is -4.46. The lowest BCUT2D eigenvalue weighted by Gasteiger charge is -2.10. The highest BCUT2D eigenvalue weighted by molar-refractivity contribution is 6.04. The number of benzene rings is 1. The Morgan fingerprint density at radius 1 is 1.13 bits per heavy atom. The molecule has 122 valence electrons. The molecule has 1 heterocycles. The number of nitrogens with one attached hydrogen (secondary N) is 1. The van der Waals surface area contributed by atoms with Gasteiger partial charge in [0.2, 0.25) is 5.88 Å². The first kappa shape index (κ1) is 16.5. The number of nitrogens with zero attached hydrogens (tertiary/aromatic N) is 2. The van der Waals surface area contributed by atoms with Crippen molar-refractivity contribution in [2.75, 3.05) is 19.5 Å². The average molecular weight is 327 g/mol. The quantitative estimate of drug-likeness (QED) is 0.935. The zero-order valence-corrected chi connectivity index (χ0v) is 12.1. The van der Waals surface area contributed by atoms with E-state index in [1.807, 2.05) is 0 Å². The molecule has 2 aromatic rings. The third-order valence-corrected chi connectivity index (χ3v) is 2.83. The van der Waals surface area contributed by atoms with Crippen LogP contribution in [0.5, 0.6) is 11.9 Å². The third-order valence-electron chi connectivity index (χ3n) is 2.83. The van der Waals surface area contributed by atoms with Gasteiger partial charge >= 0.3 is 12.2 Å². The number of alkyl halides is 3. The van der Waals surface area contributed by atoms with E-state index >= 15 is 0 Å². The molecule has 0 aliphatic heterocycles. The van der Waals surface area contributed by atoms with Gasteiger partial charge in [0, 0.05) is 5.56 Å². The monoisotopic (exact) mass is 327 g/mol. The molecule has 0 fully saturated rings. The molecule has 0 unspecified atom stereocenters. The Morgan fingerprint density at radius 3 is 2.30 bits per heavy atom. The number of carbonyl (C=O) groups is 1. The van der Waals surface area contributed by atoms with Crippen molar-refractivity contribution >= 4 is 11.6 Å². The summed E-state index contributed by atoms with van der Waals surface area (Å²) in [4.78, 5) is 19.8. The topological polar surface area (TPSA) is 73.3 Å². The summed E-state index contributed by atoms with van der Waals surface area (Å²) >= 11 is 0. The molecular formula is C14H12F3N3O3. The number of hydrogen-bond acceptors (Lipinski definition) is 5. The first-order valence-electron chi connectivity index (χ1n) is 6.28. The second kappa shape index (κ2) is 6.51. The van der Waals surface area contributed by atoms with Gasteiger partial charge in [-0.15, -0.1) is 0 Å². The highest BCUT2D eigenvalue weighted by Gasteiger charge is 2.30. The first-order valence-corrected chi connectivity index (χ1v) is 6.28. The number of ether oxygens (including phenoxy) is 2. The predicted molar refractivity (Wildman–Crippen MR) is 74.5 cm³/mol. The van der Waals surface area contributed by atoms with Crippen molar-refractivity contribution in [3.05, 3.63) is 41.6 Å². The summed E-state index contributed by atoms with van der Waals surface area (Å²) in [7, 11) is 2.71. The standard InChI is InChI=1S/C14H12F3N3O3/c1-22-12-10(7-18-13(20-12)23-2)19-11(21)8-3-5-9(6-4-8)14(15,16)17/h3-7H,1-2H3,(H,19,21). The van der Waals surface area contributed by atoms with E-state index in [1.54, 1.807) is 0 Å². The molecule has 0 radical (unpaired) electrons. The highest BCUT2D eigenvalue weighted by Crippen LogP contribution is 2.29. The van der Waals surface area contributed by atoms with Crippen LogP contribution >= 0.6 is 0 Å². The SMILES string of the molecule is COc1ncc(NC(=O)c2ccc(C(F)(F)F)cc2)c(OC)n1. The Balaban J connectivity index is 2.19. The van der Waals surface area contributed by atoms with E-state index in [0.29, 0.717) is 0 Å². The van der Waals surface area contributed by atoms with E-state index in [1.165, 1.54) is 20.4 Å². The Kier molecular flexibility index (Phi) is 4.68. The summed E-state index contributed by atoms with van der Waals surface area (Å²) in [5.41, 5.74) is -0.617. The van der Waals surface area contributed by atoms with E-state index in [4.69, 9.17) is 9.47 Å². The van der Waals surface area contributed by atoms with Gasteiger partial charge in [-0.1, -0.05) is 0 Å². The smallest absolute Gasteiger partial charge is 0.416 e. The molecule has 1 amide bonds. The molecule has 2 rings (SSSR count). The molecule has 1 N–H and O–H groups in total. The summed E-state index contributed by atoms with van der Waals surface area (Å²) in [5.74, 6) is -0.553.